The van der Waals surface area contributed by atoms with E-state index in [0.717, 1.165) is 38.5 Å². The van der Waals surface area contributed by atoms with Crippen LogP contribution in [0.5, 0.6) is 0 Å². The van der Waals surface area contributed by atoms with Gasteiger partial charge >= 0.3 is 5.97 Å². The highest BCUT2D eigenvalue weighted by Crippen LogP contribution is 2.34. The van der Waals surface area contributed by atoms with E-state index >= 15 is 0 Å². The molecule has 0 aromatic rings. The molecule has 1 atom stereocenters. The highest BCUT2D eigenvalue weighted by atomic mass is 16.4. The summed E-state index contributed by atoms with van der Waals surface area (Å²) in [6.45, 7) is 3.84. The van der Waals surface area contributed by atoms with Crippen molar-refractivity contribution in [1.29, 1.82) is 0 Å². The second kappa shape index (κ2) is 6.76. The molecule has 1 N–H and O–H groups in total. The Morgan fingerprint density at radius 3 is 2.39 bits per heavy atom. The van der Waals surface area contributed by atoms with E-state index in [2.05, 4.69) is 6.92 Å². The molecule has 4 nitrogen and oxygen atoms in total. The highest BCUT2D eigenvalue weighted by molar-refractivity contribution is 5.81. The molecule has 1 aliphatic rings. The van der Waals surface area contributed by atoms with Gasteiger partial charge in [-0.05, 0) is 26.2 Å². The number of aliphatic carboxylic acids is 1. The summed E-state index contributed by atoms with van der Waals surface area (Å²) in [6.07, 6.45) is 8.61. The molecule has 0 spiro atoms. The van der Waals surface area contributed by atoms with Crippen LogP contribution in [0.2, 0.25) is 0 Å². The number of unbranched alkanes of at least 4 members (excludes halogenated alkanes) is 4. The number of carboxylic acids is 1. The molecule has 1 unspecified atom stereocenters. The van der Waals surface area contributed by atoms with E-state index in [-0.39, 0.29) is 6.04 Å². The number of hydrogen-bond donors (Lipinski definition) is 1. The minimum atomic E-state index is -1.02. The summed E-state index contributed by atoms with van der Waals surface area (Å²) >= 11 is 0. The van der Waals surface area contributed by atoms with E-state index in [1.54, 1.807) is 6.92 Å². The summed E-state index contributed by atoms with van der Waals surface area (Å²) in [7, 11) is 0. The molecule has 0 heterocycles. The first-order valence-electron chi connectivity index (χ1n) is 7.03. The molecule has 104 valence electrons. The van der Waals surface area contributed by atoms with E-state index in [9.17, 15) is 14.7 Å². The van der Waals surface area contributed by atoms with E-state index in [0.29, 0.717) is 6.42 Å². The Labute approximate surface area is 109 Å². The number of hydrogen-bond acceptors (Lipinski definition) is 2. The minimum absolute atomic E-state index is 0.152. The molecule has 4 heteroatoms. The zero-order valence-electron chi connectivity index (χ0n) is 11.5. The van der Waals surface area contributed by atoms with Crippen molar-refractivity contribution in [2.45, 2.75) is 76.8 Å². The van der Waals surface area contributed by atoms with Gasteiger partial charge in [-0.2, -0.15) is 0 Å². The normalized spacial score (nSPS) is 18.1. The molecule has 1 saturated carbocycles. The predicted octanol–water partition coefficient (Wildman–Crippen LogP) is 2.81. The highest BCUT2D eigenvalue weighted by Gasteiger charge is 2.45. The van der Waals surface area contributed by atoms with Gasteiger partial charge in [0.15, 0.2) is 0 Å². The minimum Gasteiger partial charge on any atom is -0.480 e. The van der Waals surface area contributed by atoms with Crippen molar-refractivity contribution in [3.8, 4) is 0 Å². The average molecular weight is 255 g/mol. The van der Waals surface area contributed by atoms with Crippen molar-refractivity contribution in [2.24, 2.45) is 0 Å². The van der Waals surface area contributed by atoms with Gasteiger partial charge in [0, 0.05) is 6.04 Å². The molecule has 1 aliphatic carbocycles. The molecule has 0 saturated heterocycles. The Bertz CT molecular complexity index is 289. The number of carbonyl (C=O) groups excluding carboxylic acids is 1. The van der Waals surface area contributed by atoms with Crippen LogP contribution in [0.3, 0.4) is 0 Å². The number of carbonyl (C=O) groups is 2. The lowest BCUT2D eigenvalue weighted by atomic mass is 9.92. The molecule has 0 radical (unpaired) electrons. The Morgan fingerprint density at radius 2 is 1.94 bits per heavy atom. The third-order valence-corrected chi connectivity index (χ3v) is 3.85. The van der Waals surface area contributed by atoms with Crippen LogP contribution in [0, 0.1) is 0 Å². The average Bonchev–Trinajstić information content (AvgIpc) is 3.14. The second-order valence-electron chi connectivity index (χ2n) is 5.49. The molecule has 18 heavy (non-hydrogen) atoms. The van der Waals surface area contributed by atoms with Crippen molar-refractivity contribution in [1.82, 2.24) is 4.90 Å². The number of nitrogens with zero attached hydrogens (tertiary/aromatic N) is 1. The molecule has 1 rings (SSSR count). The number of carboxylic acid groups (broad SMARTS) is 1. The molecule has 0 aromatic carbocycles. The first-order valence-corrected chi connectivity index (χ1v) is 7.03. The van der Waals surface area contributed by atoms with Gasteiger partial charge in [-0.25, -0.2) is 4.79 Å². The second-order valence-corrected chi connectivity index (χ2v) is 5.49. The van der Waals surface area contributed by atoms with Crippen LogP contribution in [-0.2, 0) is 9.59 Å². The monoisotopic (exact) mass is 255 g/mol. The molecule has 0 bridgehead atoms. The number of amides is 1. The van der Waals surface area contributed by atoms with Crippen molar-refractivity contribution < 1.29 is 14.7 Å². The molecule has 0 aromatic heterocycles. The van der Waals surface area contributed by atoms with Gasteiger partial charge in [-0.1, -0.05) is 39.0 Å². The summed E-state index contributed by atoms with van der Waals surface area (Å²) in [6, 6.07) is 0.152. The maximum Gasteiger partial charge on any atom is 0.329 e. The smallest absolute Gasteiger partial charge is 0.329 e. The third kappa shape index (κ3) is 3.72. The van der Waals surface area contributed by atoms with E-state index in [1.165, 1.54) is 17.7 Å². The van der Waals surface area contributed by atoms with Crippen LogP contribution in [0.25, 0.3) is 0 Å². The van der Waals surface area contributed by atoms with Gasteiger partial charge in [0.2, 0.25) is 6.41 Å². The molecular weight excluding hydrogens is 230 g/mol. The molecular formula is C14H25NO3. The van der Waals surface area contributed by atoms with Crippen LogP contribution in [0.15, 0.2) is 0 Å². The van der Waals surface area contributed by atoms with Gasteiger partial charge in [0.05, 0.1) is 0 Å². The maximum atomic E-state index is 11.5. The Balaban J connectivity index is 2.51. The standard InChI is InChI=1S/C14H25NO3/c1-3-4-5-6-7-10-14(2,13(17)18)15(11-16)12-8-9-12/h11-12H,3-10H2,1-2H3,(H,17,18). The van der Waals surface area contributed by atoms with Crippen LogP contribution in [-0.4, -0.2) is 34.0 Å². The largest absolute Gasteiger partial charge is 0.480 e. The summed E-state index contributed by atoms with van der Waals surface area (Å²) in [5.41, 5.74) is -1.02. The van der Waals surface area contributed by atoms with Crippen LogP contribution >= 0.6 is 0 Å². The van der Waals surface area contributed by atoms with Gasteiger partial charge in [0.25, 0.3) is 0 Å². The van der Waals surface area contributed by atoms with Gasteiger partial charge in [-0.3, -0.25) is 4.79 Å². The Morgan fingerprint density at radius 1 is 1.33 bits per heavy atom. The summed E-state index contributed by atoms with van der Waals surface area (Å²) in [5, 5.41) is 9.41. The first kappa shape index (κ1) is 15.0. The molecule has 1 fully saturated rings. The zero-order chi connectivity index (χ0) is 13.6. The van der Waals surface area contributed by atoms with Gasteiger partial charge in [0.1, 0.15) is 5.54 Å². The van der Waals surface area contributed by atoms with Crippen molar-refractivity contribution >= 4 is 12.4 Å². The Kier molecular flexibility index (Phi) is 5.63. The number of rotatable bonds is 10. The van der Waals surface area contributed by atoms with Crippen LogP contribution < -0.4 is 0 Å². The third-order valence-electron chi connectivity index (χ3n) is 3.85. The van der Waals surface area contributed by atoms with Crippen LogP contribution in [0.1, 0.15) is 65.2 Å². The van der Waals surface area contributed by atoms with Crippen molar-refractivity contribution in [3.05, 3.63) is 0 Å². The van der Waals surface area contributed by atoms with Gasteiger partial charge < -0.3 is 10.0 Å². The summed E-state index contributed by atoms with van der Waals surface area (Å²) < 4.78 is 0. The SMILES string of the molecule is CCCCCCCC(C)(C(=O)O)N(C=O)C1CC1. The van der Waals surface area contributed by atoms with Crippen molar-refractivity contribution in [2.75, 3.05) is 0 Å². The fourth-order valence-corrected chi connectivity index (χ4v) is 2.38. The zero-order valence-corrected chi connectivity index (χ0v) is 11.5. The molecule has 1 amide bonds. The quantitative estimate of drug-likeness (QED) is 0.482. The van der Waals surface area contributed by atoms with Gasteiger partial charge in [-0.15, -0.1) is 0 Å². The maximum absolute atomic E-state index is 11.5. The topological polar surface area (TPSA) is 57.6 Å². The van der Waals surface area contributed by atoms with E-state index < -0.39 is 11.5 Å². The first-order chi connectivity index (χ1) is 8.56. The molecule has 0 aliphatic heterocycles. The Hall–Kier alpha value is -1.06. The van der Waals surface area contributed by atoms with E-state index in [1.807, 2.05) is 0 Å². The summed E-state index contributed by atoms with van der Waals surface area (Å²) in [5.74, 6) is -0.878. The van der Waals surface area contributed by atoms with E-state index in [4.69, 9.17) is 0 Å². The summed E-state index contributed by atoms with van der Waals surface area (Å²) in [4.78, 5) is 24.1. The predicted molar refractivity (Wildman–Crippen MR) is 70.3 cm³/mol. The lowest BCUT2D eigenvalue weighted by Gasteiger charge is -2.35. The lowest BCUT2D eigenvalue weighted by Crippen LogP contribution is -2.52. The fourth-order valence-electron chi connectivity index (χ4n) is 2.38. The fraction of sp³-hybridized carbons (Fsp3) is 0.857. The lowest BCUT2D eigenvalue weighted by molar-refractivity contribution is -0.155. The van der Waals surface area contributed by atoms with Crippen LogP contribution in [0.4, 0.5) is 0 Å². The van der Waals surface area contributed by atoms with Crippen molar-refractivity contribution in [3.63, 3.8) is 0 Å².